The first-order chi connectivity index (χ1) is 53.0. The van der Waals surface area contributed by atoms with Crippen LogP contribution in [0, 0.1) is 0 Å². The molecule has 0 radical (unpaired) electrons. The van der Waals surface area contributed by atoms with E-state index >= 15 is 0 Å². The van der Waals surface area contributed by atoms with Gasteiger partial charge < -0.3 is 229 Å². The Labute approximate surface area is 634 Å². The number of aliphatic hydroxyl groups is 25. The molecular formula is C62H104N4O46. The van der Waals surface area contributed by atoms with Crippen LogP contribution in [0.15, 0.2) is 0 Å². The van der Waals surface area contributed by atoms with Crippen molar-refractivity contribution in [3.63, 3.8) is 0 Å². The summed E-state index contributed by atoms with van der Waals surface area (Å²) in [6, 6.07) is -7.58. The van der Waals surface area contributed by atoms with Gasteiger partial charge in [0.1, 0.15) is 219 Å². The molecule has 50 nitrogen and oxygen atoms in total. The molecule has 9 heterocycles. The van der Waals surface area contributed by atoms with Crippen molar-refractivity contribution in [3.8, 4) is 0 Å². The first kappa shape index (κ1) is 92.1. The van der Waals surface area contributed by atoms with E-state index in [1.165, 1.54) is 0 Å². The summed E-state index contributed by atoms with van der Waals surface area (Å²) in [7, 11) is 0. The Morgan fingerprint density at radius 1 is 0.232 bits per heavy atom. The number of hydrogen-bond acceptors (Lipinski definition) is 46. The molecule has 29 N–H and O–H groups in total. The second-order valence-electron chi connectivity index (χ2n) is 28.2. The zero-order chi connectivity index (χ0) is 82.5. The maximum absolute atomic E-state index is 13.2. The molecule has 0 aromatic rings. The van der Waals surface area contributed by atoms with Crippen molar-refractivity contribution in [1.82, 2.24) is 21.3 Å². The lowest BCUT2D eigenvalue weighted by Crippen LogP contribution is -2.71. The van der Waals surface area contributed by atoms with E-state index in [0.29, 0.717) is 0 Å². The second-order valence-corrected chi connectivity index (χ2v) is 28.2. The van der Waals surface area contributed by atoms with Crippen LogP contribution in [0.1, 0.15) is 27.7 Å². The highest BCUT2D eigenvalue weighted by Gasteiger charge is 2.61. The minimum absolute atomic E-state index is 0.812. The van der Waals surface area contributed by atoms with Crippen LogP contribution in [0.5, 0.6) is 0 Å². The summed E-state index contributed by atoms with van der Waals surface area (Å²) in [6.07, 6.45) is -88.0. The van der Waals surface area contributed by atoms with Crippen LogP contribution in [0.2, 0.25) is 0 Å². The Balaban J connectivity index is 1.16. The van der Waals surface area contributed by atoms with Gasteiger partial charge in [0.05, 0.1) is 59.5 Å². The maximum Gasteiger partial charge on any atom is 0.217 e. The monoisotopic (exact) mass is 1640 g/mol. The molecule has 9 fully saturated rings. The Morgan fingerprint density at radius 3 is 0.955 bits per heavy atom. The van der Waals surface area contributed by atoms with Gasteiger partial charge in [0, 0.05) is 27.7 Å². The molecule has 50 heteroatoms. The molecule has 9 rings (SSSR count). The predicted molar refractivity (Wildman–Crippen MR) is 343 cm³/mol. The van der Waals surface area contributed by atoms with Crippen molar-refractivity contribution in [2.75, 3.05) is 59.5 Å². The van der Waals surface area contributed by atoms with Crippen molar-refractivity contribution >= 4 is 23.6 Å². The van der Waals surface area contributed by atoms with E-state index in [9.17, 15) is 147 Å². The van der Waals surface area contributed by atoms with Crippen LogP contribution < -0.4 is 21.3 Å². The number of hydrogen-bond donors (Lipinski definition) is 29. The van der Waals surface area contributed by atoms with E-state index in [0.717, 1.165) is 27.7 Å². The average Bonchev–Trinajstić information content (AvgIpc) is 0.749. The van der Waals surface area contributed by atoms with Gasteiger partial charge in [-0.3, -0.25) is 19.2 Å². The van der Waals surface area contributed by atoms with Crippen molar-refractivity contribution in [1.29, 1.82) is 0 Å². The molecule has 0 saturated carbocycles. The van der Waals surface area contributed by atoms with Gasteiger partial charge in [-0.25, -0.2) is 0 Å². The van der Waals surface area contributed by atoms with Crippen LogP contribution in [0.25, 0.3) is 0 Å². The van der Waals surface area contributed by atoms with Gasteiger partial charge in [0.25, 0.3) is 0 Å². The molecule has 9 saturated heterocycles. The summed E-state index contributed by atoms with van der Waals surface area (Å²) in [4.78, 5) is 51.2. The zero-order valence-electron chi connectivity index (χ0n) is 60.1. The number of aliphatic hydroxyl groups excluding tert-OH is 25. The zero-order valence-corrected chi connectivity index (χ0v) is 60.1. The first-order valence-corrected chi connectivity index (χ1v) is 35.6. The van der Waals surface area contributed by atoms with Gasteiger partial charge in [-0.05, 0) is 0 Å². The Morgan fingerprint density at radius 2 is 0.509 bits per heavy atom. The third-order valence-corrected chi connectivity index (χ3v) is 20.3. The van der Waals surface area contributed by atoms with Crippen LogP contribution >= 0.6 is 0 Å². The molecule has 648 valence electrons. The normalized spacial score (nSPS) is 48.9. The van der Waals surface area contributed by atoms with Gasteiger partial charge in [0.2, 0.25) is 23.6 Å². The molecule has 4 amide bonds. The van der Waals surface area contributed by atoms with Gasteiger partial charge >= 0.3 is 0 Å². The van der Waals surface area contributed by atoms with E-state index in [-0.39, 0.29) is 0 Å². The molecule has 45 atom stereocenters. The number of rotatable bonds is 29. The lowest BCUT2D eigenvalue weighted by atomic mass is 9.93. The van der Waals surface area contributed by atoms with Crippen molar-refractivity contribution < 1.29 is 227 Å². The maximum atomic E-state index is 13.2. The average molecular weight is 1640 g/mol. The highest BCUT2D eigenvalue weighted by atomic mass is 16.8. The topological polar surface area (TPSA) is 779 Å². The van der Waals surface area contributed by atoms with Crippen molar-refractivity contribution in [2.45, 2.75) is 304 Å². The Hall–Kier alpha value is -3.80. The summed E-state index contributed by atoms with van der Waals surface area (Å²) < 4.78 is 102. The molecule has 112 heavy (non-hydrogen) atoms. The highest BCUT2D eigenvalue weighted by Crippen LogP contribution is 2.41. The van der Waals surface area contributed by atoms with Crippen LogP contribution in [0.3, 0.4) is 0 Å². The van der Waals surface area contributed by atoms with Crippen molar-refractivity contribution in [3.05, 3.63) is 0 Å². The summed E-state index contributed by atoms with van der Waals surface area (Å²) in [5.74, 6) is -3.70. The number of amides is 4. The minimum Gasteiger partial charge on any atom is -0.394 e. The van der Waals surface area contributed by atoms with Crippen LogP contribution in [0.4, 0.5) is 0 Å². The predicted octanol–water partition coefficient (Wildman–Crippen LogP) is -20.1. The van der Waals surface area contributed by atoms with E-state index in [4.69, 9.17) is 80.5 Å². The van der Waals surface area contributed by atoms with E-state index in [1.54, 1.807) is 0 Å². The SMILES string of the molecule is CC(=O)N[C@H]1[C@@H](O[C@@H]2[C@H](O[C@H]3[C@H](O)[C@H](CO[C@@H]4O[C@@H](CO[C@@H]5O[C@@H](CO)[C@H](O)[C@H](O)[C@@H]5O)[C@H](O)[C@H](O[C@@H]5O[C@@H](CO)[C@H](O)[C@H](O)[C@@H]5O)[C@@H]4O)O[C@@H](O[C@H]4[C@@H](O)[C@@H](NC(C)=O)[C@H](O[C@H]5[C@@H](O)[C@H](NC(C)=O)[C@H](O)O[C@@H]5CO)O[C@@H]4CO)[C@@H]3O[C@H]3O[C@@H](CO)[C@H](O)[C@H](O)[C@H]3NC(C)=O)O[C@@H](CO)[C@H](O)[C@@H]2O)O[C@@H](CO)[C@H](O)[C@@H]1O. The molecule has 0 bridgehead atoms. The van der Waals surface area contributed by atoms with Gasteiger partial charge in [-0.15, -0.1) is 0 Å². The summed E-state index contributed by atoms with van der Waals surface area (Å²) in [6.45, 7) is -6.29. The molecule has 0 unspecified atom stereocenters. The lowest BCUT2D eigenvalue weighted by molar-refractivity contribution is -0.410. The summed E-state index contributed by atoms with van der Waals surface area (Å²) >= 11 is 0. The molecule has 0 aromatic heterocycles. The van der Waals surface area contributed by atoms with Gasteiger partial charge in [-0.1, -0.05) is 0 Å². The molecule has 9 aliphatic heterocycles. The van der Waals surface area contributed by atoms with Crippen LogP contribution in [-0.4, -0.2) is 487 Å². The van der Waals surface area contributed by atoms with Gasteiger partial charge in [-0.2, -0.15) is 0 Å². The minimum atomic E-state index is -2.60. The standard InChI is InChI=1S/C62H104N4O46/c1-14(74)63-27-40(87)48(23(10-72)98-54(27)95)107-57-30(66-17(4)77)41(88)49(24(11-73)104-57)108-62-53(112-56-29(65-16(3)76)39(86)32(79)19(6-68)100-56)51(110-61-52(44(91)35(82)22(9-71)103-61)111-55-28(64-15(2)75)38(85)31(78)18(5-67)99-55)37(84)26(106-62)13-97-59-47(94)50(109-60-46(93)43(90)34(81)21(8-70)102-60)36(83)25(105-59)12-96-58-45(92)42(89)33(80)20(7-69)101-58/h18-62,67-73,78-95H,5-13H2,1-4H3,(H,63,74)(H,64,75)(H,65,76)(H,66,77)/t18-,19-,20-,21-,22-,23+,24+,25-,26-,27-,28+,29+,30+,31-,32-,33-,34-,35-,36-,37+,38+,39+,40-,41-,42-,43-,44-,45-,46-,47-,48+,49+,50-,51-,52-,53+,54+,55+,56+,57-,58+,59+,60-,61-,62-/m0/s1. The smallest absolute Gasteiger partial charge is 0.217 e. The largest absolute Gasteiger partial charge is 0.394 e. The fourth-order valence-corrected chi connectivity index (χ4v) is 14.3. The number of nitrogens with one attached hydrogen (secondary N) is 4. The quantitative estimate of drug-likeness (QED) is 0.0331. The van der Waals surface area contributed by atoms with Crippen molar-refractivity contribution in [2.24, 2.45) is 0 Å². The molecule has 9 aliphatic rings. The highest BCUT2D eigenvalue weighted by molar-refractivity contribution is 5.74. The summed E-state index contributed by atoms with van der Waals surface area (Å²) in [5.41, 5.74) is 0. The van der Waals surface area contributed by atoms with E-state index in [1.807, 2.05) is 0 Å². The fourth-order valence-electron chi connectivity index (χ4n) is 14.3. The third-order valence-electron chi connectivity index (χ3n) is 20.3. The lowest BCUT2D eigenvalue weighted by Gasteiger charge is -2.52. The van der Waals surface area contributed by atoms with Crippen LogP contribution in [-0.2, 0) is 99.7 Å². The molecule has 0 aliphatic carbocycles. The van der Waals surface area contributed by atoms with E-state index in [2.05, 4.69) is 21.3 Å². The van der Waals surface area contributed by atoms with E-state index < -0.39 is 359 Å². The molecule has 0 spiro atoms. The molecule has 0 aromatic carbocycles. The molecular weight excluding hydrogens is 1540 g/mol. The first-order valence-electron chi connectivity index (χ1n) is 35.6. The fraction of sp³-hybridized carbons (Fsp3) is 0.935. The number of carbonyl (C=O) groups is 4. The Bertz CT molecular complexity index is 2970. The number of ether oxygens (including phenoxy) is 17. The Kier molecular flexibility index (Phi) is 33.1. The second kappa shape index (κ2) is 40.3. The van der Waals surface area contributed by atoms with Gasteiger partial charge in [0.15, 0.2) is 56.6 Å². The third kappa shape index (κ3) is 20.4. The summed E-state index contributed by atoms with van der Waals surface area (Å²) in [5, 5.41) is 288. The number of carbonyl (C=O) groups excluding carboxylic acids is 4.